The molecule has 1 aromatic heterocycles. The summed E-state index contributed by atoms with van der Waals surface area (Å²) in [5.74, 6) is 0.955. The number of anilines is 1. The maximum atomic E-state index is 12.6. The number of pyridine rings is 1. The Morgan fingerprint density at radius 2 is 1.83 bits per heavy atom. The predicted molar refractivity (Wildman–Crippen MR) is 118 cm³/mol. The van der Waals surface area contributed by atoms with Crippen LogP contribution < -0.4 is 10.2 Å². The van der Waals surface area contributed by atoms with Crippen molar-refractivity contribution in [3.8, 4) is 0 Å². The van der Waals surface area contributed by atoms with Crippen molar-refractivity contribution in [2.75, 3.05) is 64.4 Å². The lowest BCUT2D eigenvalue weighted by Gasteiger charge is -2.33. The molecule has 0 atom stereocenters. The first-order chi connectivity index (χ1) is 14.7. The first kappa shape index (κ1) is 20.8. The Morgan fingerprint density at radius 1 is 1.03 bits per heavy atom. The first-order valence-corrected chi connectivity index (χ1v) is 10.7. The van der Waals surface area contributed by atoms with Crippen LogP contribution in [0.5, 0.6) is 0 Å². The van der Waals surface area contributed by atoms with E-state index >= 15 is 0 Å². The second-order valence-corrected chi connectivity index (χ2v) is 8.09. The summed E-state index contributed by atoms with van der Waals surface area (Å²) < 4.78 is 5.40. The summed E-state index contributed by atoms with van der Waals surface area (Å²) in [6, 6.07) is 12.0. The molecule has 4 rings (SSSR count). The van der Waals surface area contributed by atoms with Gasteiger partial charge >= 0.3 is 0 Å². The number of hydrogen-bond acceptors (Lipinski definition) is 6. The van der Waals surface area contributed by atoms with Crippen molar-refractivity contribution in [1.29, 1.82) is 0 Å². The predicted octanol–water partition coefficient (Wildman–Crippen LogP) is 1.60. The fourth-order valence-electron chi connectivity index (χ4n) is 3.86. The number of hydrogen-bond donors (Lipinski definition) is 1. The number of ether oxygens (including phenoxy) is 1. The third kappa shape index (κ3) is 5.56. The number of carbonyl (C=O) groups is 1. The monoisotopic (exact) mass is 409 g/mol. The van der Waals surface area contributed by atoms with E-state index in [1.165, 1.54) is 0 Å². The minimum absolute atomic E-state index is 0.0537. The van der Waals surface area contributed by atoms with Crippen LogP contribution in [0.3, 0.4) is 0 Å². The Bertz CT molecular complexity index is 828. The second kappa shape index (κ2) is 10.0. The van der Waals surface area contributed by atoms with E-state index in [9.17, 15) is 4.79 Å². The number of morpholine rings is 1. The van der Waals surface area contributed by atoms with Gasteiger partial charge in [0.25, 0.3) is 5.91 Å². The highest BCUT2D eigenvalue weighted by Crippen LogP contribution is 2.14. The van der Waals surface area contributed by atoms with Crippen molar-refractivity contribution in [3.05, 3.63) is 59.3 Å². The molecule has 2 aliphatic rings. The van der Waals surface area contributed by atoms with Crippen LogP contribution in [0.2, 0.25) is 0 Å². The molecule has 7 heteroatoms. The molecule has 0 spiro atoms. The SMILES string of the molecule is CN1CCN(c2ccc(CNC(=O)c3cccc(CN4CCOCC4)c3)cn2)CC1. The lowest BCUT2D eigenvalue weighted by atomic mass is 10.1. The average Bonchev–Trinajstić information content (AvgIpc) is 2.79. The van der Waals surface area contributed by atoms with Crippen molar-refractivity contribution in [2.45, 2.75) is 13.1 Å². The van der Waals surface area contributed by atoms with Crippen LogP contribution >= 0.6 is 0 Å². The lowest BCUT2D eigenvalue weighted by molar-refractivity contribution is 0.0342. The van der Waals surface area contributed by atoms with Crippen molar-refractivity contribution in [2.24, 2.45) is 0 Å². The minimum Gasteiger partial charge on any atom is -0.379 e. The molecule has 1 amide bonds. The van der Waals surface area contributed by atoms with Gasteiger partial charge in [-0.05, 0) is 36.4 Å². The summed E-state index contributed by atoms with van der Waals surface area (Å²) in [5, 5.41) is 3.02. The van der Waals surface area contributed by atoms with E-state index in [2.05, 4.69) is 50.2 Å². The third-order valence-electron chi connectivity index (χ3n) is 5.79. The standard InChI is InChI=1S/C23H31N5O2/c1-26-7-9-28(10-8-26)22-6-5-20(16-24-22)17-25-23(29)21-4-2-3-19(15-21)18-27-11-13-30-14-12-27/h2-6,15-16H,7-14,17-18H2,1H3,(H,25,29). The zero-order valence-electron chi connectivity index (χ0n) is 17.7. The minimum atomic E-state index is -0.0537. The molecule has 160 valence electrons. The first-order valence-electron chi connectivity index (χ1n) is 10.7. The van der Waals surface area contributed by atoms with Gasteiger partial charge in [0, 0.05) is 64.1 Å². The number of aromatic nitrogens is 1. The van der Waals surface area contributed by atoms with Crippen LogP contribution in [0.15, 0.2) is 42.6 Å². The van der Waals surface area contributed by atoms with Gasteiger partial charge in [0.15, 0.2) is 0 Å². The maximum Gasteiger partial charge on any atom is 0.251 e. The quantitative estimate of drug-likeness (QED) is 0.782. The molecule has 1 aromatic carbocycles. The Kier molecular flexibility index (Phi) is 6.94. The second-order valence-electron chi connectivity index (χ2n) is 8.09. The molecule has 2 aliphatic heterocycles. The van der Waals surface area contributed by atoms with Gasteiger partial charge in [0.05, 0.1) is 13.2 Å². The maximum absolute atomic E-state index is 12.6. The van der Waals surface area contributed by atoms with Crippen molar-refractivity contribution < 1.29 is 9.53 Å². The number of nitrogens with zero attached hydrogens (tertiary/aromatic N) is 4. The topological polar surface area (TPSA) is 60.9 Å². The molecule has 0 saturated carbocycles. The van der Waals surface area contributed by atoms with E-state index in [4.69, 9.17) is 4.74 Å². The number of rotatable bonds is 6. The van der Waals surface area contributed by atoms with Gasteiger partial charge in [0.2, 0.25) is 0 Å². The van der Waals surface area contributed by atoms with Gasteiger partial charge in [-0.3, -0.25) is 9.69 Å². The summed E-state index contributed by atoms with van der Waals surface area (Å²) in [5.41, 5.74) is 2.86. The molecule has 0 bridgehead atoms. The molecule has 2 saturated heterocycles. The Labute approximate surface area is 178 Å². The summed E-state index contributed by atoms with van der Waals surface area (Å²) in [6.45, 7) is 8.88. The Hall–Kier alpha value is -2.48. The fraction of sp³-hybridized carbons (Fsp3) is 0.478. The molecular formula is C23H31N5O2. The third-order valence-corrected chi connectivity index (χ3v) is 5.79. The largest absolute Gasteiger partial charge is 0.379 e. The van der Waals surface area contributed by atoms with Crippen LogP contribution in [0.4, 0.5) is 5.82 Å². The van der Waals surface area contributed by atoms with Crippen molar-refractivity contribution >= 4 is 11.7 Å². The Morgan fingerprint density at radius 3 is 2.57 bits per heavy atom. The summed E-state index contributed by atoms with van der Waals surface area (Å²) in [4.78, 5) is 24.2. The van der Waals surface area contributed by atoms with Gasteiger partial charge < -0.3 is 19.9 Å². The highest BCUT2D eigenvalue weighted by atomic mass is 16.5. The van der Waals surface area contributed by atoms with Crippen molar-refractivity contribution in [3.63, 3.8) is 0 Å². The van der Waals surface area contributed by atoms with Gasteiger partial charge in [0.1, 0.15) is 5.82 Å². The molecule has 0 aliphatic carbocycles. The van der Waals surface area contributed by atoms with Gasteiger partial charge in [-0.15, -0.1) is 0 Å². The summed E-state index contributed by atoms with van der Waals surface area (Å²) in [7, 11) is 2.15. The van der Waals surface area contributed by atoms with Crippen molar-refractivity contribution in [1.82, 2.24) is 20.1 Å². The van der Waals surface area contributed by atoms with Crippen LogP contribution in [0.25, 0.3) is 0 Å². The average molecular weight is 410 g/mol. The summed E-state index contributed by atoms with van der Waals surface area (Å²) >= 11 is 0. The van der Waals surface area contributed by atoms with Crippen LogP contribution in [0, 0.1) is 0 Å². The number of piperazine rings is 1. The highest BCUT2D eigenvalue weighted by Gasteiger charge is 2.15. The smallest absolute Gasteiger partial charge is 0.251 e. The number of amides is 1. The molecule has 1 N–H and O–H groups in total. The molecule has 2 aromatic rings. The van der Waals surface area contributed by atoms with E-state index in [1.54, 1.807) is 0 Å². The zero-order valence-corrected chi connectivity index (χ0v) is 17.7. The molecule has 7 nitrogen and oxygen atoms in total. The molecule has 0 unspecified atom stereocenters. The zero-order chi connectivity index (χ0) is 20.8. The molecule has 3 heterocycles. The lowest BCUT2D eigenvalue weighted by Crippen LogP contribution is -2.44. The number of nitrogens with one attached hydrogen (secondary N) is 1. The van der Waals surface area contributed by atoms with E-state index in [0.29, 0.717) is 12.1 Å². The van der Waals surface area contributed by atoms with E-state index in [-0.39, 0.29) is 5.91 Å². The van der Waals surface area contributed by atoms with E-state index < -0.39 is 0 Å². The van der Waals surface area contributed by atoms with E-state index in [0.717, 1.165) is 76.0 Å². The molecule has 2 fully saturated rings. The molecule has 0 radical (unpaired) electrons. The highest BCUT2D eigenvalue weighted by molar-refractivity contribution is 5.94. The van der Waals surface area contributed by atoms with Crippen LogP contribution in [-0.4, -0.2) is 80.2 Å². The fourth-order valence-corrected chi connectivity index (χ4v) is 3.86. The number of carbonyl (C=O) groups excluding carboxylic acids is 1. The summed E-state index contributed by atoms with van der Waals surface area (Å²) in [6.07, 6.45) is 1.86. The van der Waals surface area contributed by atoms with Crippen LogP contribution in [0.1, 0.15) is 21.5 Å². The molecule has 30 heavy (non-hydrogen) atoms. The van der Waals surface area contributed by atoms with Gasteiger partial charge in [-0.25, -0.2) is 4.98 Å². The number of benzene rings is 1. The van der Waals surface area contributed by atoms with Crippen LogP contribution in [-0.2, 0) is 17.8 Å². The van der Waals surface area contributed by atoms with Gasteiger partial charge in [-0.1, -0.05) is 18.2 Å². The Balaban J connectivity index is 1.29. The molecular weight excluding hydrogens is 378 g/mol. The normalized spacial score (nSPS) is 18.4. The number of likely N-dealkylation sites (N-methyl/N-ethyl adjacent to an activating group) is 1. The van der Waals surface area contributed by atoms with E-state index in [1.807, 2.05) is 24.4 Å². The van der Waals surface area contributed by atoms with Gasteiger partial charge in [-0.2, -0.15) is 0 Å².